The smallest absolute Gasteiger partial charge is 0.339 e. The second-order valence-corrected chi connectivity index (χ2v) is 8.95. The monoisotopic (exact) mass is 538 g/mol. The van der Waals surface area contributed by atoms with E-state index in [2.05, 4.69) is 4.98 Å². The molecule has 0 fully saturated rings. The number of carboxylic acids is 1. The first-order chi connectivity index (χ1) is 19.4. The Hall–Kier alpha value is -5.28. The van der Waals surface area contributed by atoms with E-state index in [4.69, 9.17) is 19.6 Å². The first-order valence-corrected chi connectivity index (χ1v) is 12.2. The highest BCUT2D eigenvalue weighted by Crippen LogP contribution is 2.37. The fraction of sp³-hybridized carbons (Fsp3) is 0.0323. The van der Waals surface area contributed by atoms with E-state index in [-0.39, 0.29) is 17.1 Å². The van der Waals surface area contributed by atoms with Crippen molar-refractivity contribution in [2.75, 3.05) is 0 Å². The van der Waals surface area contributed by atoms with Gasteiger partial charge in [-0.15, -0.1) is 0 Å². The molecule has 9 heteroatoms. The van der Waals surface area contributed by atoms with Crippen molar-refractivity contribution in [3.8, 4) is 34.4 Å². The van der Waals surface area contributed by atoms with Crippen LogP contribution >= 0.6 is 0 Å². The van der Waals surface area contributed by atoms with Crippen LogP contribution in [0.1, 0.15) is 15.9 Å². The average Bonchev–Trinajstić information content (AvgIpc) is 3.33. The number of ether oxygens (including phenoxy) is 2. The summed E-state index contributed by atoms with van der Waals surface area (Å²) < 4.78 is 46.5. The van der Waals surface area contributed by atoms with Crippen LogP contribution < -0.4 is 15.2 Å². The lowest BCUT2D eigenvalue weighted by Crippen LogP contribution is -2.03. The molecule has 2 aromatic heterocycles. The highest BCUT2D eigenvalue weighted by atomic mass is 19.1. The van der Waals surface area contributed by atoms with E-state index < -0.39 is 29.4 Å². The summed E-state index contributed by atoms with van der Waals surface area (Å²) in [4.78, 5) is 15.9. The van der Waals surface area contributed by atoms with Gasteiger partial charge in [-0.2, -0.15) is 4.98 Å². The van der Waals surface area contributed by atoms with Crippen LogP contribution in [0.25, 0.3) is 33.1 Å². The lowest BCUT2D eigenvalue weighted by Gasteiger charge is -2.12. The maximum atomic E-state index is 14.8. The van der Waals surface area contributed by atoms with Gasteiger partial charge in [0.05, 0.1) is 0 Å². The molecule has 6 rings (SSSR count). The number of hydrogen-bond acceptors (Lipinski definition) is 6. The van der Waals surface area contributed by atoms with Crippen LogP contribution in [0.3, 0.4) is 0 Å². The summed E-state index contributed by atoms with van der Waals surface area (Å²) in [6, 6.07) is 24.9. The molecule has 7 nitrogen and oxygen atoms in total. The summed E-state index contributed by atoms with van der Waals surface area (Å²) in [5.74, 6) is -4.67. The zero-order chi connectivity index (χ0) is 27.8. The van der Waals surface area contributed by atoms with Crippen molar-refractivity contribution >= 4 is 27.9 Å². The van der Waals surface area contributed by atoms with Gasteiger partial charge >= 0.3 is 5.97 Å². The molecule has 0 bridgehead atoms. The molecule has 3 N–H and O–H groups in total. The van der Waals surface area contributed by atoms with Crippen LogP contribution in [-0.4, -0.2) is 16.1 Å². The second-order valence-electron chi connectivity index (χ2n) is 8.95. The number of aromatic nitrogens is 1. The van der Waals surface area contributed by atoms with Crippen molar-refractivity contribution in [3.05, 3.63) is 114 Å². The Labute approximate surface area is 226 Å². The molecule has 40 heavy (non-hydrogen) atoms. The Bertz CT molecular complexity index is 1920. The minimum absolute atomic E-state index is 0.197. The van der Waals surface area contributed by atoms with E-state index >= 15 is 0 Å². The molecule has 0 amide bonds. The van der Waals surface area contributed by atoms with E-state index in [9.17, 15) is 18.7 Å². The fourth-order valence-electron chi connectivity index (χ4n) is 4.41. The zero-order valence-electron chi connectivity index (χ0n) is 20.7. The highest BCUT2D eigenvalue weighted by Gasteiger charge is 2.21. The van der Waals surface area contributed by atoms with E-state index in [0.717, 1.165) is 16.7 Å². The molecule has 0 radical (unpaired) electrons. The van der Waals surface area contributed by atoms with Crippen molar-refractivity contribution in [1.82, 2.24) is 4.98 Å². The highest BCUT2D eigenvalue weighted by molar-refractivity contribution is 6.08. The number of pyridine rings is 1. The Morgan fingerprint density at radius 2 is 1.52 bits per heavy atom. The van der Waals surface area contributed by atoms with Gasteiger partial charge in [0.2, 0.25) is 0 Å². The summed E-state index contributed by atoms with van der Waals surface area (Å²) in [6.45, 7) is 0.380. The predicted molar refractivity (Wildman–Crippen MR) is 145 cm³/mol. The molecule has 0 aliphatic heterocycles. The number of halogens is 2. The molecule has 0 unspecified atom stereocenters. The number of hydrogen-bond donors (Lipinski definition) is 2. The number of nitrogens with two attached hydrogens (primary N) is 1. The summed E-state index contributed by atoms with van der Waals surface area (Å²) in [7, 11) is 0. The van der Waals surface area contributed by atoms with Gasteiger partial charge in [-0.3, -0.25) is 0 Å². The molecule has 4 aromatic carbocycles. The number of carboxylic acid groups (broad SMARTS) is 1. The number of aromatic carboxylic acids is 1. The maximum absolute atomic E-state index is 14.8. The van der Waals surface area contributed by atoms with Crippen LogP contribution in [0.15, 0.2) is 95.4 Å². The zero-order valence-corrected chi connectivity index (χ0v) is 20.7. The van der Waals surface area contributed by atoms with E-state index in [1.807, 2.05) is 30.3 Å². The number of nitrogens with zero attached hydrogens (tertiary/aromatic N) is 1. The first-order valence-electron chi connectivity index (χ1n) is 12.2. The van der Waals surface area contributed by atoms with Crippen LogP contribution in [0.4, 0.5) is 8.78 Å². The molecule has 2 heterocycles. The lowest BCUT2D eigenvalue weighted by molar-refractivity contribution is 0.0694. The number of carbonyl (C=O) groups is 1. The third-order valence-electron chi connectivity index (χ3n) is 6.33. The molecular formula is C31H20F2N2O5. The Morgan fingerprint density at radius 3 is 2.30 bits per heavy atom. The normalized spacial score (nSPS) is 11.2. The topological polar surface area (TPSA) is 108 Å². The van der Waals surface area contributed by atoms with Gasteiger partial charge < -0.3 is 24.7 Å². The molecule has 6 aromatic rings. The largest absolute Gasteiger partial charge is 0.478 e. The van der Waals surface area contributed by atoms with Crippen molar-refractivity contribution in [2.24, 2.45) is 5.73 Å². The summed E-state index contributed by atoms with van der Waals surface area (Å²) in [5.41, 5.74) is 8.94. The third kappa shape index (κ3) is 4.70. The predicted octanol–water partition coefficient (Wildman–Crippen LogP) is 7.67. The maximum Gasteiger partial charge on any atom is 0.339 e. The molecule has 0 aliphatic carbocycles. The van der Waals surface area contributed by atoms with Gasteiger partial charge in [-0.05, 0) is 53.1 Å². The summed E-state index contributed by atoms with van der Waals surface area (Å²) in [6.07, 6.45) is 0. The SMILES string of the molecule is NCc1cccc(-c2cccc(Oc3nc(Oc4cc5c(cc4C(=O)O)oc4ccccc45)c(F)cc3F)c2)c1. The van der Waals surface area contributed by atoms with Crippen LogP contribution in [0.5, 0.6) is 23.3 Å². The molecule has 0 aliphatic rings. The Morgan fingerprint density at radius 1 is 0.800 bits per heavy atom. The van der Waals surface area contributed by atoms with Crippen LogP contribution in [0.2, 0.25) is 0 Å². The number of rotatable bonds is 7. The standard InChI is InChI=1S/C31H20F2N2O5/c32-24-15-25(33)30(35-29(24)38-20-8-4-7-19(12-20)18-6-3-5-17(11-18)16-34)40-28-13-22-21-9-1-2-10-26(21)39-27(22)14-23(28)31(36)37/h1-15H,16,34H2,(H,36,37). The number of benzene rings is 4. The van der Waals surface area contributed by atoms with Crippen LogP contribution in [-0.2, 0) is 6.54 Å². The van der Waals surface area contributed by atoms with Crippen molar-refractivity contribution < 1.29 is 32.6 Å². The number of para-hydroxylation sites is 1. The molecule has 0 atom stereocenters. The lowest BCUT2D eigenvalue weighted by atomic mass is 10.0. The number of furan rings is 1. The first kappa shape index (κ1) is 25.0. The minimum atomic E-state index is -1.33. The van der Waals surface area contributed by atoms with Gasteiger partial charge in [-0.1, -0.05) is 48.5 Å². The molecular weight excluding hydrogens is 518 g/mol. The van der Waals surface area contributed by atoms with Gasteiger partial charge in [-0.25, -0.2) is 13.6 Å². The fourth-order valence-corrected chi connectivity index (χ4v) is 4.41. The van der Waals surface area contributed by atoms with Crippen molar-refractivity contribution in [2.45, 2.75) is 6.54 Å². The van der Waals surface area contributed by atoms with E-state index in [1.54, 1.807) is 42.5 Å². The van der Waals surface area contributed by atoms with Gasteiger partial charge in [0, 0.05) is 23.4 Å². The van der Waals surface area contributed by atoms with Gasteiger partial charge in [0.1, 0.15) is 28.2 Å². The quantitative estimate of drug-likeness (QED) is 0.215. The Kier molecular flexibility index (Phi) is 6.33. The van der Waals surface area contributed by atoms with Crippen LogP contribution in [0, 0.1) is 11.6 Å². The molecule has 0 saturated heterocycles. The van der Waals surface area contributed by atoms with E-state index in [0.29, 0.717) is 34.5 Å². The van der Waals surface area contributed by atoms with Crippen molar-refractivity contribution in [1.29, 1.82) is 0 Å². The average molecular weight is 539 g/mol. The minimum Gasteiger partial charge on any atom is -0.478 e. The molecule has 0 saturated carbocycles. The van der Waals surface area contributed by atoms with E-state index in [1.165, 1.54) is 12.1 Å². The third-order valence-corrected chi connectivity index (χ3v) is 6.33. The van der Waals surface area contributed by atoms with Gasteiger partial charge in [0.25, 0.3) is 11.8 Å². The molecule has 198 valence electrons. The summed E-state index contributed by atoms with van der Waals surface area (Å²) >= 11 is 0. The molecule has 0 spiro atoms. The Balaban J connectivity index is 1.36. The van der Waals surface area contributed by atoms with Crippen molar-refractivity contribution in [3.63, 3.8) is 0 Å². The number of fused-ring (bicyclic) bond motifs is 3. The second kappa shape index (κ2) is 10.1. The summed E-state index contributed by atoms with van der Waals surface area (Å²) in [5, 5.41) is 11.0. The van der Waals surface area contributed by atoms with Gasteiger partial charge in [0.15, 0.2) is 11.6 Å².